The van der Waals surface area contributed by atoms with E-state index in [0.717, 1.165) is 10.2 Å². The Morgan fingerprint density at radius 1 is 1.23 bits per heavy atom. The fourth-order valence-corrected chi connectivity index (χ4v) is 4.35. The fraction of sp³-hybridized carbons (Fsp3) is 0.500. The third-order valence-electron chi connectivity index (χ3n) is 5.03. The van der Waals surface area contributed by atoms with Crippen molar-refractivity contribution in [3.63, 3.8) is 0 Å². The van der Waals surface area contributed by atoms with E-state index in [2.05, 4.69) is 45.0 Å². The number of rotatable bonds is 3. The molecule has 2 aromatic rings. The Morgan fingerprint density at radius 3 is 2.42 bits per heavy atom. The molecular formula is C22H30BrN5O3. The van der Waals surface area contributed by atoms with Crippen LogP contribution in [0.5, 0.6) is 0 Å². The van der Waals surface area contributed by atoms with Gasteiger partial charge in [0, 0.05) is 42.9 Å². The predicted molar refractivity (Wildman–Crippen MR) is 126 cm³/mol. The lowest BCUT2D eigenvalue weighted by atomic mass is 10.1. The molecule has 3 rings (SSSR count). The molecule has 0 saturated carbocycles. The van der Waals surface area contributed by atoms with Crippen LogP contribution in [0, 0.1) is 0 Å². The zero-order valence-corrected chi connectivity index (χ0v) is 20.4. The molecule has 1 aliphatic rings. The largest absolute Gasteiger partial charge is 0.444 e. The number of piperazine rings is 1. The van der Waals surface area contributed by atoms with Gasteiger partial charge in [0.2, 0.25) is 0 Å². The fourth-order valence-electron chi connectivity index (χ4n) is 3.82. The van der Waals surface area contributed by atoms with Gasteiger partial charge in [-0.15, -0.1) is 0 Å². The minimum absolute atomic E-state index is 0.106. The van der Waals surface area contributed by atoms with Crippen LogP contribution in [0.4, 0.5) is 22.0 Å². The van der Waals surface area contributed by atoms with Gasteiger partial charge in [-0.2, -0.15) is 0 Å². The summed E-state index contributed by atoms with van der Waals surface area (Å²) in [5.74, 6) is 0.589. The van der Waals surface area contributed by atoms with Gasteiger partial charge >= 0.3 is 6.09 Å². The van der Waals surface area contributed by atoms with Gasteiger partial charge in [0.15, 0.2) is 0 Å². The predicted octanol–water partition coefficient (Wildman–Crippen LogP) is 4.12. The highest BCUT2D eigenvalue weighted by atomic mass is 79.9. The Kier molecular flexibility index (Phi) is 6.64. The van der Waals surface area contributed by atoms with Crippen molar-refractivity contribution in [2.45, 2.75) is 52.3 Å². The van der Waals surface area contributed by atoms with Gasteiger partial charge < -0.3 is 24.4 Å². The summed E-state index contributed by atoms with van der Waals surface area (Å²) in [5, 5.41) is 3.09. The lowest BCUT2D eigenvalue weighted by Crippen LogP contribution is -2.58. The standard InChI is InChI=1S/C22H30BrN5O3/c1-14-11-27(21(30)31-22(3,4)5)12-15(2)28(14)17-7-8-19(24-10-17)25-18-9-16(23)13-26(6)20(18)29/h7-10,13-15H,11-12H2,1-6H3,(H,24,25)/t14-,15-/m0/s1. The van der Waals surface area contributed by atoms with Gasteiger partial charge in [-0.3, -0.25) is 4.79 Å². The molecule has 1 saturated heterocycles. The quantitative estimate of drug-likeness (QED) is 0.695. The van der Waals surface area contributed by atoms with E-state index < -0.39 is 5.60 Å². The number of hydrogen-bond acceptors (Lipinski definition) is 6. The summed E-state index contributed by atoms with van der Waals surface area (Å²) in [7, 11) is 1.70. The van der Waals surface area contributed by atoms with Crippen molar-refractivity contribution < 1.29 is 9.53 Å². The summed E-state index contributed by atoms with van der Waals surface area (Å²) >= 11 is 3.40. The highest BCUT2D eigenvalue weighted by molar-refractivity contribution is 9.10. The first-order chi connectivity index (χ1) is 14.4. The molecule has 31 heavy (non-hydrogen) atoms. The summed E-state index contributed by atoms with van der Waals surface area (Å²) in [5.41, 5.74) is 0.777. The van der Waals surface area contributed by atoms with E-state index in [9.17, 15) is 9.59 Å². The van der Waals surface area contributed by atoms with Gasteiger partial charge in [-0.05, 0) is 68.7 Å². The first-order valence-corrected chi connectivity index (χ1v) is 11.1. The Morgan fingerprint density at radius 2 is 1.87 bits per heavy atom. The minimum atomic E-state index is -0.511. The number of anilines is 3. The molecule has 0 radical (unpaired) electrons. The van der Waals surface area contributed by atoms with E-state index in [0.29, 0.717) is 24.6 Å². The highest BCUT2D eigenvalue weighted by Crippen LogP contribution is 2.26. The zero-order valence-electron chi connectivity index (χ0n) is 18.8. The maximum atomic E-state index is 12.5. The number of nitrogens with one attached hydrogen (secondary N) is 1. The van der Waals surface area contributed by atoms with E-state index in [4.69, 9.17) is 4.74 Å². The molecule has 168 valence electrons. The van der Waals surface area contributed by atoms with Crippen LogP contribution < -0.4 is 15.8 Å². The molecule has 1 N–H and O–H groups in total. The molecule has 1 amide bonds. The summed E-state index contributed by atoms with van der Waals surface area (Å²) in [6.07, 6.45) is 3.23. The molecule has 2 atom stereocenters. The zero-order chi connectivity index (χ0) is 22.9. The number of carbonyl (C=O) groups excluding carboxylic acids is 1. The number of aromatic nitrogens is 2. The van der Waals surface area contributed by atoms with Crippen molar-refractivity contribution in [1.82, 2.24) is 14.5 Å². The molecule has 0 bridgehead atoms. The smallest absolute Gasteiger partial charge is 0.410 e. The molecule has 1 fully saturated rings. The number of pyridine rings is 2. The Balaban J connectivity index is 1.71. The minimum Gasteiger partial charge on any atom is -0.444 e. The molecule has 0 unspecified atom stereocenters. The van der Waals surface area contributed by atoms with Crippen LogP contribution >= 0.6 is 15.9 Å². The normalized spacial score (nSPS) is 19.3. The number of amides is 1. The van der Waals surface area contributed by atoms with Crippen molar-refractivity contribution in [1.29, 1.82) is 0 Å². The Labute approximate surface area is 191 Å². The third kappa shape index (κ3) is 5.58. The van der Waals surface area contributed by atoms with Crippen molar-refractivity contribution in [2.75, 3.05) is 23.3 Å². The second-order valence-electron chi connectivity index (χ2n) is 9.01. The Hall–Kier alpha value is -2.55. The summed E-state index contributed by atoms with van der Waals surface area (Å²) < 4.78 is 7.84. The van der Waals surface area contributed by atoms with Crippen LogP contribution in [0.2, 0.25) is 0 Å². The topological polar surface area (TPSA) is 79.7 Å². The molecule has 9 heteroatoms. The number of carbonyl (C=O) groups is 1. The molecule has 0 aliphatic carbocycles. The number of halogens is 1. The molecule has 3 heterocycles. The molecule has 0 spiro atoms. The Bertz CT molecular complexity index is 988. The van der Waals surface area contributed by atoms with Crippen molar-refractivity contribution in [3.8, 4) is 0 Å². The number of hydrogen-bond donors (Lipinski definition) is 1. The van der Waals surface area contributed by atoms with Crippen molar-refractivity contribution in [3.05, 3.63) is 45.4 Å². The second-order valence-corrected chi connectivity index (χ2v) is 9.92. The van der Waals surface area contributed by atoms with Gasteiger partial charge in [-0.1, -0.05) is 0 Å². The number of nitrogens with zero attached hydrogens (tertiary/aromatic N) is 4. The molecule has 0 aromatic carbocycles. The van der Waals surface area contributed by atoms with Crippen molar-refractivity contribution in [2.24, 2.45) is 7.05 Å². The van der Waals surface area contributed by atoms with Crippen LogP contribution in [-0.4, -0.2) is 51.3 Å². The molecule has 8 nitrogen and oxygen atoms in total. The van der Waals surface area contributed by atoms with Crippen molar-refractivity contribution >= 4 is 39.2 Å². The average Bonchev–Trinajstić information content (AvgIpc) is 2.65. The summed E-state index contributed by atoms with van der Waals surface area (Å²) in [6.45, 7) is 11.0. The van der Waals surface area contributed by atoms with E-state index in [1.807, 2.05) is 32.9 Å². The molecule has 2 aromatic heterocycles. The average molecular weight is 492 g/mol. The van der Waals surface area contributed by atoms with Crippen LogP contribution in [0.25, 0.3) is 0 Å². The van der Waals surface area contributed by atoms with Gasteiger partial charge in [0.25, 0.3) is 5.56 Å². The number of aryl methyl sites for hydroxylation is 1. The van der Waals surface area contributed by atoms with Crippen LogP contribution in [0.15, 0.2) is 39.9 Å². The lowest BCUT2D eigenvalue weighted by molar-refractivity contribution is 0.0193. The summed E-state index contributed by atoms with van der Waals surface area (Å²) in [4.78, 5) is 33.3. The van der Waals surface area contributed by atoms with Gasteiger partial charge in [0.1, 0.15) is 17.1 Å². The third-order valence-corrected chi connectivity index (χ3v) is 5.46. The first kappa shape index (κ1) is 23.1. The van der Waals surface area contributed by atoms with E-state index in [1.54, 1.807) is 30.4 Å². The van der Waals surface area contributed by atoms with Gasteiger partial charge in [-0.25, -0.2) is 9.78 Å². The highest BCUT2D eigenvalue weighted by Gasteiger charge is 2.34. The van der Waals surface area contributed by atoms with Gasteiger partial charge in [0.05, 0.1) is 11.9 Å². The summed E-state index contributed by atoms with van der Waals surface area (Å²) in [6, 6.07) is 5.78. The van der Waals surface area contributed by atoms with E-state index >= 15 is 0 Å². The van der Waals surface area contributed by atoms with Crippen LogP contribution in [-0.2, 0) is 11.8 Å². The first-order valence-electron chi connectivity index (χ1n) is 10.3. The maximum absolute atomic E-state index is 12.5. The van der Waals surface area contributed by atoms with E-state index in [-0.39, 0.29) is 23.7 Å². The van der Waals surface area contributed by atoms with E-state index in [1.165, 1.54) is 4.57 Å². The lowest BCUT2D eigenvalue weighted by Gasteiger charge is -2.45. The SMILES string of the molecule is C[C@H]1CN(C(=O)OC(C)(C)C)C[C@H](C)N1c1ccc(Nc2cc(Br)cn(C)c2=O)nc1. The second kappa shape index (κ2) is 8.90. The van der Waals surface area contributed by atoms with Crippen LogP contribution in [0.3, 0.4) is 0 Å². The molecular weight excluding hydrogens is 462 g/mol. The maximum Gasteiger partial charge on any atom is 0.410 e. The van der Waals surface area contributed by atoms with Crippen LogP contribution in [0.1, 0.15) is 34.6 Å². The number of ether oxygens (including phenoxy) is 1. The molecule has 1 aliphatic heterocycles. The monoisotopic (exact) mass is 491 g/mol.